The molecule has 0 bridgehead atoms. The summed E-state index contributed by atoms with van der Waals surface area (Å²) in [4.78, 5) is 0. The van der Waals surface area contributed by atoms with Crippen molar-refractivity contribution in [2.75, 3.05) is 0 Å². The molecule has 1 atom stereocenters. The summed E-state index contributed by atoms with van der Waals surface area (Å²) in [5.74, 6) is -0.304. The van der Waals surface area contributed by atoms with Crippen LogP contribution in [0.3, 0.4) is 0 Å². The molecule has 0 aliphatic heterocycles. The normalized spacial score (nSPS) is 21.3. The van der Waals surface area contributed by atoms with E-state index in [-0.39, 0.29) is 0 Å². The summed E-state index contributed by atoms with van der Waals surface area (Å²) in [7, 11) is 0. The van der Waals surface area contributed by atoms with Crippen molar-refractivity contribution in [2.45, 2.75) is 26.2 Å². The summed E-state index contributed by atoms with van der Waals surface area (Å²) in [6.45, 7) is 2.19. The Kier molecular flexibility index (Phi) is 2.85. The maximum atomic E-state index is 13.0. The number of halogens is 2. The molecule has 0 saturated carbocycles. The number of hydrogen-bond donors (Lipinski definition) is 0. The lowest BCUT2D eigenvalue weighted by Crippen LogP contribution is -2.01. The molecule has 1 aliphatic rings. The van der Waals surface area contributed by atoms with Crippen LogP contribution >= 0.6 is 0 Å². The number of rotatable bonds is 1. The van der Waals surface area contributed by atoms with E-state index in [9.17, 15) is 8.78 Å². The zero-order valence-electron chi connectivity index (χ0n) is 8.76. The number of hydrogen-bond acceptors (Lipinski definition) is 0. The van der Waals surface area contributed by atoms with E-state index >= 15 is 0 Å². The molecule has 15 heavy (non-hydrogen) atoms. The molecule has 0 saturated heterocycles. The van der Waals surface area contributed by atoms with Crippen LogP contribution in [-0.4, -0.2) is 0 Å². The molecular weight excluding hydrogens is 194 g/mol. The fraction of sp³-hybridized carbons (Fsp3) is 0.385. The van der Waals surface area contributed by atoms with Crippen LogP contribution in [0.5, 0.6) is 0 Å². The Morgan fingerprint density at radius 1 is 1.13 bits per heavy atom. The van der Waals surface area contributed by atoms with Crippen LogP contribution in [0.2, 0.25) is 0 Å². The fourth-order valence-corrected chi connectivity index (χ4v) is 1.97. The van der Waals surface area contributed by atoms with Gasteiger partial charge in [-0.2, -0.15) is 0 Å². The molecule has 0 heterocycles. The standard InChI is InChI=1S/C13H14F2/c1-9-2-4-10(5-3-9)11-6-12(14)8-13(15)7-11/h4,6-9H,2-3,5H2,1H3. The summed E-state index contributed by atoms with van der Waals surface area (Å²) in [5, 5.41) is 0. The van der Waals surface area contributed by atoms with E-state index in [2.05, 4.69) is 13.0 Å². The molecule has 80 valence electrons. The first-order valence-corrected chi connectivity index (χ1v) is 5.30. The van der Waals surface area contributed by atoms with Gasteiger partial charge in [-0.15, -0.1) is 0 Å². The summed E-state index contributed by atoms with van der Waals surface area (Å²) >= 11 is 0. The SMILES string of the molecule is CC1CC=C(c2cc(F)cc(F)c2)CC1. The second kappa shape index (κ2) is 4.13. The molecule has 0 amide bonds. The Morgan fingerprint density at radius 3 is 2.33 bits per heavy atom. The van der Waals surface area contributed by atoms with Gasteiger partial charge in [-0.25, -0.2) is 8.78 Å². The molecule has 1 aliphatic carbocycles. The highest BCUT2D eigenvalue weighted by Gasteiger charge is 2.12. The molecule has 0 radical (unpaired) electrons. The van der Waals surface area contributed by atoms with Crippen molar-refractivity contribution in [2.24, 2.45) is 5.92 Å². The van der Waals surface area contributed by atoms with Crippen molar-refractivity contribution >= 4 is 5.57 Å². The topological polar surface area (TPSA) is 0 Å². The predicted molar refractivity (Wildman–Crippen MR) is 57.4 cm³/mol. The highest BCUT2D eigenvalue weighted by molar-refractivity contribution is 5.66. The average Bonchev–Trinajstić information content (AvgIpc) is 2.17. The van der Waals surface area contributed by atoms with Gasteiger partial charge in [-0.1, -0.05) is 13.0 Å². The zero-order chi connectivity index (χ0) is 10.8. The van der Waals surface area contributed by atoms with E-state index < -0.39 is 11.6 Å². The smallest absolute Gasteiger partial charge is 0.126 e. The van der Waals surface area contributed by atoms with Crippen molar-refractivity contribution in [3.8, 4) is 0 Å². The van der Waals surface area contributed by atoms with Crippen molar-refractivity contribution < 1.29 is 8.78 Å². The van der Waals surface area contributed by atoms with E-state index in [1.165, 1.54) is 12.1 Å². The van der Waals surface area contributed by atoms with Crippen LogP contribution in [0.15, 0.2) is 24.3 Å². The molecule has 0 fully saturated rings. The van der Waals surface area contributed by atoms with Crippen molar-refractivity contribution in [3.05, 3.63) is 41.5 Å². The minimum Gasteiger partial charge on any atom is -0.207 e. The number of benzene rings is 1. The molecule has 0 nitrogen and oxygen atoms in total. The van der Waals surface area contributed by atoms with Gasteiger partial charge in [0, 0.05) is 6.07 Å². The Labute approximate surface area is 88.6 Å². The summed E-state index contributed by atoms with van der Waals surface area (Å²) in [5.41, 5.74) is 1.77. The lowest BCUT2D eigenvalue weighted by molar-refractivity contribution is 0.533. The highest BCUT2D eigenvalue weighted by Crippen LogP contribution is 2.30. The molecule has 1 aromatic rings. The molecule has 2 rings (SSSR count). The molecule has 0 N–H and O–H groups in total. The zero-order valence-corrected chi connectivity index (χ0v) is 8.76. The average molecular weight is 208 g/mol. The maximum Gasteiger partial charge on any atom is 0.126 e. The van der Waals surface area contributed by atoms with Crippen molar-refractivity contribution in [1.82, 2.24) is 0 Å². The number of allylic oxidation sites excluding steroid dienone is 2. The minimum absolute atomic E-state index is 0.496. The van der Waals surface area contributed by atoms with E-state index in [0.29, 0.717) is 11.5 Å². The summed E-state index contributed by atoms with van der Waals surface area (Å²) < 4.78 is 26.0. The fourth-order valence-electron chi connectivity index (χ4n) is 1.97. The van der Waals surface area contributed by atoms with Gasteiger partial charge in [-0.05, 0) is 48.4 Å². The van der Waals surface area contributed by atoms with Crippen LogP contribution in [0.25, 0.3) is 5.57 Å². The minimum atomic E-state index is -0.496. The van der Waals surface area contributed by atoms with Crippen LogP contribution < -0.4 is 0 Å². The lowest BCUT2D eigenvalue weighted by atomic mass is 9.88. The van der Waals surface area contributed by atoms with Crippen LogP contribution in [0.1, 0.15) is 31.7 Å². The molecule has 0 spiro atoms. The molecule has 1 aromatic carbocycles. The third kappa shape index (κ3) is 2.44. The van der Waals surface area contributed by atoms with Gasteiger partial charge < -0.3 is 0 Å². The maximum absolute atomic E-state index is 13.0. The summed E-state index contributed by atoms with van der Waals surface area (Å²) in [6.07, 6.45) is 5.13. The third-order valence-electron chi connectivity index (χ3n) is 2.91. The first-order valence-electron chi connectivity index (χ1n) is 5.30. The van der Waals surface area contributed by atoms with Crippen molar-refractivity contribution in [3.63, 3.8) is 0 Å². The van der Waals surface area contributed by atoms with E-state index in [4.69, 9.17) is 0 Å². The van der Waals surface area contributed by atoms with Crippen LogP contribution in [0.4, 0.5) is 8.78 Å². The molecular formula is C13H14F2. The predicted octanol–water partition coefficient (Wildman–Crippen LogP) is 4.17. The van der Waals surface area contributed by atoms with Crippen LogP contribution in [-0.2, 0) is 0 Å². The van der Waals surface area contributed by atoms with Gasteiger partial charge in [0.25, 0.3) is 0 Å². The van der Waals surface area contributed by atoms with Gasteiger partial charge in [0.15, 0.2) is 0 Å². The van der Waals surface area contributed by atoms with Crippen molar-refractivity contribution in [1.29, 1.82) is 0 Å². The summed E-state index contributed by atoms with van der Waals surface area (Å²) in [6, 6.07) is 3.73. The van der Waals surface area contributed by atoms with Crippen LogP contribution in [0, 0.1) is 17.6 Å². The Bertz CT molecular complexity index is 373. The first-order chi connectivity index (χ1) is 7.15. The Morgan fingerprint density at radius 2 is 1.80 bits per heavy atom. The molecule has 2 heteroatoms. The highest BCUT2D eigenvalue weighted by atomic mass is 19.1. The van der Waals surface area contributed by atoms with Gasteiger partial charge in [0.1, 0.15) is 11.6 Å². The quantitative estimate of drug-likeness (QED) is 0.649. The van der Waals surface area contributed by atoms with E-state index in [0.717, 1.165) is 30.9 Å². The van der Waals surface area contributed by atoms with E-state index in [1.807, 2.05) is 0 Å². The Balaban J connectivity index is 2.29. The van der Waals surface area contributed by atoms with Gasteiger partial charge in [0.05, 0.1) is 0 Å². The van der Waals surface area contributed by atoms with E-state index in [1.54, 1.807) is 0 Å². The monoisotopic (exact) mass is 208 g/mol. The second-order valence-corrected chi connectivity index (χ2v) is 4.27. The third-order valence-corrected chi connectivity index (χ3v) is 2.91. The lowest BCUT2D eigenvalue weighted by Gasteiger charge is -2.18. The Hall–Kier alpha value is -1.18. The van der Waals surface area contributed by atoms with Gasteiger partial charge in [-0.3, -0.25) is 0 Å². The first kappa shape index (κ1) is 10.3. The second-order valence-electron chi connectivity index (χ2n) is 4.27. The largest absolute Gasteiger partial charge is 0.207 e. The molecule has 1 unspecified atom stereocenters. The van der Waals surface area contributed by atoms with Gasteiger partial charge >= 0.3 is 0 Å². The molecule has 0 aromatic heterocycles. The van der Waals surface area contributed by atoms with Gasteiger partial charge in [0.2, 0.25) is 0 Å².